The zero-order valence-corrected chi connectivity index (χ0v) is 14.0. The number of nitrogens with zero attached hydrogens (tertiary/aromatic N) is 1. The van der Waals surface area contributed by atoms with Gasteiger partial charge in [-0.05, 0) is 35.6 Å². The van der Waals surface area contributed by atoms with E-state index in [1.807, 2.05) is 12.1 Å². The molecule has 124 valence electrons. The number of carbonyl (C=O) groups is 2. The van der Waals surface area contributed by atoms with Crippen LogP contribution in [0.4, 0.5) is 0 Å². The molecular weight excluding hydrogens is 324 g/mol. The van der Waals surface area contributed by atoms with Crippen molar-refractivity contribution < 1.29 is 14.3 Å². The lowest BCUT2D eigenvalue weighted by Crippen LogP contribution is -2.50. The van der Waals surface area contributed by atoms with E-state index in [1.165, 1.54) is 21.6 Å². The van der Waals surface area contributed by atoms with Gasteiger partial charge in [-0.3, -0.25) is 9.59 Å². The third-order valence-electron chi connectivity index (χ3n) is 4.62. The summed E-state index contributed by atoms with van der Waals surface area (Å²) < 4.78 is 5.32. The number of rotatable bonds is 2. The van der Waals surface area contributed by atoms with E-state index in [-0.39, 0.29) is 12.5 Å². The second-order valence-electron chi connectivity index (χ2n) is 6.14. The van der Waals surface area contributed by atoms with E-state index in [1.54, 1.807) is 16.2 Å². The second kappa shape index (κ2) is 6.03. The summed E-state index contributed by atoms with van der Waals surface area (Å²) in [5.41, 5.74) is 9.11. The summed E-state index contributed by atoms with van der Waals surface area (Å²) in [6.45, 7) is 1.06. The van der Waals surface area contributed by atoms with Crippen molar-refractivity contribution in [2.24, 2.45) is 5.73 Å². The molecule has 0 spiro atoms. The van der Waals surface area contributed by atoms with E-state index < -0.39 is 12.0 Å². The van der Waals surface area contributed by atoms with Crippen LogP contribution in [0, 0.1) is 0 Å². The van der Waals surface area contributed by atoms with Gasteiger partial charge in [-0.1, -0.05) is 24.3 Å². The summed E-state index contributed by atoms with van der Waals surface area (Å²) in [4.78, 5) is 27.7. The number of hydrogen-bond donors (Lipinski definition) is 1. The van der Waals surface area contributed by atoms with E-state index in [4.69, 9.17) is 10.5 Å². The molecule has 1 aromatic heterocycles. The van der Waals surface area contributed by atoms with Crippen LogP contribution < -0.4 is 5.73 Å². The Morgan fingerprint density at radius 2 is 2.00 bits per heavy atom. The maximum absolute atomic E-state index is 12.8. The standard InChI is InChI=1S/C18H18N2O3S/c19-17(21)14-10-20(7-8-23-14)18(22)15-9-12-6-5-11-3-1-2-4-13(11)16(12)24-15/h1-4,9,14H,5-8,10H2,(H2,19,21)/t14-/m1/s1. The van der Waals surface area contributed by atoms with Crippen molar-refractivity contribution in [3.8, 4) is 10.4 Å². The Labute approximate surface area is 144 Å². The Kier molecular flexibility index (Phi) is 3.86. The van der Waals surface area contributed by atoms with Gasteiger partial charge in [0.05, 0.1) is 18.0 Å². The fraction of sp³-hybridized carbons (Fsp3) is 0.333. The van der Waals surface area contributed by atoms with Gasteiger partial charge in [0.2, 0.25) is 5.91 Å². The number of morpholine rings is 1. The highest BCUT2D eigenvalue weighted by Gasteiger charge is 2.30. The first-order chi connectivity index (χ1) is 11.6. The molecule has 1 fully saturated rings. The number of hydrogen-bond acceptors (Lipinski definition) is 4. The minimum atomic E-state index is -0.710. The molecule has 2 amide bonds. The number of aryl methyl sites for hydroxylation is 2. The van der Waals surface area contributed by atoms with Crippen molar-refractivity contribution in [3.05, 3.63) is 46.3 Å². The SMILES string of the molecule is NC(=O)[C@H]1CN(C(=O)c2cc3c(s2)-c2ccccc2CC3)CCO1. The molecule has 2 aromatic rings. The summed E-state index contributed by atoms with van der Waals surface area (Å²) in [5, 5.41) is 0. The predicted molar refractivity (Wildman–Crippen MR) is 92.0 cm³/mol. The number of fused-ring (bicyclic) bond motifs is 3. The molecule has 1 saturated heterocycles. The number of benzene rings is 1. The van der Waals surface area contributed by atoms with Crippen LogP contribution in [0.5, 0.6) is 0 Å². The molecule has 1 aliphatic carbocycles. The van der Waals surface area contributed by atoms with Gasteiger partial charge in [0.25, 0.3) is 5.91 Å². The Bertz CT molecular complexity index is 814. The fourth-order valence-corrected chi connectivity index (χ4v) is 4.58. The monoisotopic (exact) mass is 342 g/mol. The molecule has 2 aliphatic rings. The van der Waals surface area contributed by atoms with Crippen LogP contribution in [0.2, 0.25) is 0 Å². The second-order valence-corrected chi connectivity index (χ2v) is 7.19. The van der Waals surface area contributed by atoms with Gasteiger partial charge in [-0.2, -0.15) is 0 Å². The highest BCUT2D eigenvalue weighted by atomic mass is 32.1. The average Bonchev–Trinajstić information content (AvgIpc) is 3.06. The van der Waals surface area contributed by atoms with Gasteiger partial charge in [0, 0.05) is 11.4 Å². The molecule has 4 rings (SSSR count). The Balaban J connectivity index is 1.61. The smallest absolute Gasteiger partial charge is 0.264 e. The van der Waals surface area contributed by atoms with Crippen LogP contribution in [0.3, 0.4) is 0 Å². The van der Waals surface area contributed by atoms with Gasteiger partial charge in [0.15, 0.2) is 6.10 Å². The van der Waals surface area contributed by atoms with Crippen LogP contribution in [-0.4, -0.2) is 42.5 Å². The van der Waals surface area contributed by atoms with E-state index in [9.17, 15) is 9.59 Å². The summed E-state index contributed by atoms with van der Waals surface area (Å²) in [5.74, 6) is -0.562. The Morgan fingerprint density at radius 3 is 2.83 bits per heavy atom. The van der Waals surface area contributed by atoms with Crippen molar-refractivity contribution in [1.29, 1.82) is 0 Å². The van der Waals surface area contributed by atoms with E-state index in [2.05, 4.69) is 18.2 Å². The minimum Gasteiger partial charge on any atom is -0.367 e. The lowest BCUT2D eigenvalue weighted by Gasteiger charge is -2.31. The number of amides is 2. The van der Waals surface area contributed by atoms with Crippen molar-refractivity contribution in [2.75, 3.05) is 19.7 Å². The van der Waals surface area contributed by atoms with Gasteiger partial charge in [-0.15, -0.1) is 11.3 Å². The maximum atomic E-state index is 12.8. The van der Waals surface area contributed by atoms with E-state index in [0.29, 0.717) is 13.2 Å². The molecule has 2 heterocycles. The van der Waals surface area contributed by atoms with Gasteiger partial charge in [0.1, 0.15) is 0 Å². The maximum Gasteiger partial charge on any atom is 0.264 e. The summed E-state index contributed by atoms with van der Waals surface area (Å²) >= 11 is 1.54. The first-order valence-electron chi connectivity index (χ1n) is 8.04. The van der Waals surface area contributed by atoms with Crippen molar-refractivity contribution in [2.45, 2.75) is 18.9 Å². The fourth-order valence-electron chi connectivity index (χ4n) is 3.34. The first kappa shape index (κ1) is 15.4. The lowest BCUT2D eigenvalue weighted by molar-refractivity contribution is -0.133. The van der Waals surface area contributed by atoms with Crippen LogP contribution in [0.1, 0.15) is 20.8 Å². The van der Waals surface area contributed by atoms with Crippen LogP contribution in [0.15, 0.2) is 30.3 Å². The van der Waals surface area contributed by atoms with Crippen LogP contribution in [-0.2, 0) is 22.4 Å². The highest BCUT2D eigenvalue weighted by Crippen LogP contribution is 2.39. The Hall–Kier alpha value is -2.18. The van der Waals surface area contributed by atoms with Gasteiger partial charge in [-0.25, -0.2) is 0 Å². The number of primary amides is 1. The molecule has 1 aliphatic heterocycles. The van der Waals surface area contributed by atoms with Crippen molar-refractivity contribution in [3.63, 3.8) is 0 Å². The molecule has 6 heteroatoms. The van der Waals surface area contributed by atoms with Crippen LogP contribution >= 0.6 is 11.3 Å². The summed E-state index contributed by atoms with van der Waals surface area (Å²) in [7, 11) is 0. The van der Waals surface area contributed by atoms with E-state index >= 15 is 0 Å². The average molecular weight is 342 g/mol. The molecule has 0 unspecified atom stereocenters. The molecule has 0 saturated carbocycles. The third-order valence-corrected chi connectivity index (χ3v) is 5.82. The van der Waals surface area contributed by atoms with E-state index in [0.717, 1.165) is 17.7 Å². The number of thiophene rings is 1. The number of nitrogens with two attached hydrogens (primary N) is 1. The molecule has 0 bridgehead atoms. The minimum absolute atomic E-state index is 0.0403. The largest absolute Gasteiger partial charge is 0.367 e. The van der Waals surface area contributed by atoms with Gasteiger partial charge >= 0.3 is 0 Å². The van der Waals surface area contributed by atoms with Crippen molar-refractivity contribution in [1.82, 2.24) is 4.90 Å². The van der Waals surface area contributed by atoms with Crippen LogP contribution in [0.25, 0.3) is 10.4 Å². The zero-order chi connectivity index (χ0) is 16.7. The topological polar surface area (TPSA) is 72.6 Å². The summed E-state index contributed by atoms with van der Waals surface area (Å²) in [6.07, 6.45) is 1.26. The van der Waals surface area contributed by atoms with Gasteiger partial charge < -0.3 is 15.4 Å². The number of carbonyl (C=O) groups excluding carboxylic acids is 2. The third kappa shape index (κ3) is 2.61. The van der Waals surface area contributed by atoms with Crippen molar-refractivity contribution >= 4 is 23.2 Å². The molecule has 5 nitrogen and oxygen atoms in total. The lowest BCUT2D eigenvalue weighted by atomic mass is 9.91. The molecule has 1 atom stereocenters. The number of ether oxygens (including phenoxy) is 1. The Morgan fingerprint density at radius 1 is 1.21 bits per heavy atom. The molecule has 0 radical (unpaired) electrons. The predicted octanol–water partition coefficient (Wildman–Crippen LogP) is 1.84. The quantitative estimate of drug-likeness (QED) is 0.905. The molecule has 24 heavy (non-hydrogen) atoms. The molecule has 2 N–H and O–H groups in total. The molecule has 1 aromatic carbocycles. The molecular formula is C18H18N2O3S. The first-order valence-corrected chi connectivity index (χ1v) is 8.86. The zero-order valence-electron chi connectivity index (χ0n) is 13.2. The summed E-state index contributed by atoms with van der Waals surface area (Å²) in [6, 6.07) is 10.4. The highest BCUT2D eigenvalue weighted by molar-refractivity contribution is 7.17. The normalized spacial score (nSPS) is 19.5.